The fourth-order valence-electron chi connectivity index (χ4n) is 2.49. The van der Waals surface area contributed by atoms with Crippen molar-refractivity contribution in [2.45, 2.75) is 26.4 Å². The van der Waals surface area contributed by atoms with Gasteiger partial charge in [-0.1, -0.05) is 25.1 Å². The van der Waals surface area contributed by atoms with Crippen LogP contribution in [-0.2, 0) is 6.67 Å². The van der Waals surface area contributed by atoms with Gasteiger partial charge in [-0.25, -0.2) is 4.68 Å². The Morgan fingerprint density at radius 2 is 1.85 bits per heavy atom. The first kappa shape index (κ1) is 13.5. The average molecular weight is 289 g/mol. The molecule has 0 aliphatic carbocycles. The van der Waals surface area contributed by atoms with Crippen LogP contribution < -0.4 is 0 Å². The van der Waals surface area contributed by atoms with Gasteiger partial charge in [-0.3, -0.25) is 4.90 Å². The Bertz CT molecular complexity index is 610. The summed E-state index contributed by atoms with van der Waals surface area (Å²) < 4.78 is 4.16. The molecule has 5 nitrogen and oxygen atoms in total. The molecule has 0 saturated carbocycles. The van der Waals surface area contributed by atoms with Crippen LogP contribution in [0.3, 0.4) is 0 Å². The zero-order valence-electron chi connectivity index (χ0n) is 11.6. The number of aromatic nitrogens is 4. The van der Waals surface area contributed by atoms with Crippen molar-refractivity contribution in [2.24, 2.45) is 5.92 Å². The third-order valence-electron chi connectivity index (χ3n) is 3.85. The predicted octanol–water partition coefficient (Wildman–Crippen LogP) is 2.49. The highest BCUT2D eigenvalue weighted by Crippen LogP contribution is 2.16. The van der Waals surface area contributed by atoms with Gasteiger partial charge in [-0.2, -0.15) is 4.68 Å². The van der Waals surface area contributed by atoms with E-state index < -0.39 is 0 Å². The topological polar surface area (TPSA) is 38.9 Å². The van der Waals surface area contributed by atoms with Crippen LogP contribution in [0, 0.1) is 10.7 Å². The van der Waals surface area contributed by atoms with Crippen molar-refractivity contribution in [1.29, 1.82) is 0 Å². The number of nitrogens with zero attached hydrogens (tertiary/aromatic N) is 5. The monoisotopic (exact) mass is 289 g/mol. The third kappa shape index (κ3) is 2.81. The minimum atomic E-state index is 0.648. The van der Waals surface area contributed by atoms with Crippen LogP contribution in [0.4, 0.5) is 0 Å². The maximum Gasteiger partial charge on any atom is 0.221 e. The van der Waals surface area contributed by atoms with Crippen LogP contribution in [-0.4, -0.2) is 37.8 Å². The highest BCUT2D eigenvalue weighted by Gasteiger charge is 2.17. The van der Waals surface area contributed by atoms with E-state index in [1.165, 1.54) is 12.8 Å². The molecule has 1 saturated heterocycles. The number of piperidine rings is 1. The van der Waals surface area contributed by atoms with E-state index in [1.807, 2.05) is 30.3 Å². The normalized spacial score (nSPS) is 17.4. The maximum atomic E-state index is 5.47. The first-order valence-electron chi connectivity index (χ1n) is 7.04. The van der Waals surface area contributed by atoms with Crippen molar-refractivity contribution in [1.82, 2.24) is 24.7 Å². The molecule has 1 aromatic heterocycles. The second kappa shape index (κ2) is 5.85. The zero-order chi connectivity index (χ0) is 13.9. The number of likely N-dealkylation sites (tertiary alicyclic amines) is 1. The molecular weight excluding hydrogens is 270 g/mol. The van der Waals surface area contributed by atoms with Gasteiger partial charge in [0.2, 0.25) is 4.77 Å². The molecule has 6 heteroatoms. The van der Waals surface area contributed by atoms with Crippen LogP contribution in [0.1, 0.15) is 19.8 Å². The lowest BCUT2D eigenvalue weighted by atomic mass is 10.00. The minimum Gasteiger partial charge on any atom is -0.284 e. The molecule has 1 fully saturated rings. The Hall–Kier alpha value is -1.53. The lowest BCUT2D eigenvalue weighted by molar-refractivity contribution is 0.145. The van der Waals surface area contributed by atoms with E-state index in [1.54, 1.807) is 9.36 Å². The summed E-state index contributed by atoms with van der Waals surface area (Å²) in [5, 5.41) is 8.35. The lowest BCUT2D eigenvalue weighted by Crippen LogP contribution is -2.34. The van der Waals surface area contributed by atoms with Crippen molar-refractivity contribution in [3.05, 3.63) is 35.1 Å². The van der Waals surface area contributed by atoms with Crippen LogP contribution in [0.5, 0.6) is 0 Å². The van der Waals surface area contributed by atoms with E-state index in [9.17, 15) is 0 Å². The van der Waals surface area contributed by atoms with E-state index in [2.05, 4.69) is 22.3 Å². The first-order chi connectivity index (χ1) is 9.74. The fraction of sp³-hybridized carbons (Fsp3) is 0.500. The standard InChI is InChI=1S/C14H19N5S/c1-12-7-9-17(10-8-12)11-18-14(20)19(16-15-18)13-5-3-2-4-6-13/h2-6,12H,7-11H2,1H3. The molecule has 2 heterocycles. The molecule has 0 atom stereocenters. The van der Waals surface area contributed by atoms with Gasteiger partial charge in [0.25, 0.3) is 0 Å². The van der Waals surface area contributed by atoms with Crippen LogP contribution in [0.25, 0.3) is 5.69 Å². The molecular formula is C14H19N5S. The summed E-state index contributed by atoms with van der Waals surface area (Å²) in [5.74, 6) is 0.833. The fourth-order valence-corrected chi connectivity index (χ4v) is 2.72. The molecule has 0 bridgehead atoms. The summed E-state index contributed by atoms with van der Waals surface area (Å²) in [6, 6.07) is 9.89. The maximum absolute atomic E-state index is 5.47. The van der Waals surface area contributed by atoms with Gasteiger partial charge >= 0.3 is 0 Å². The summed E-state index contributed by atoms with van der Waals surface area (Å²) in [6.07, 6.45) is 2.50. The number of benzene rings is 1. The molecule has 0 amide bonds. The molecule has 3 rings (SSSR count). The van der Waals surface area contributed by atoms with Crippen molar-refractivity contribution < 1.29 is 0 Å². The number of hydrogen-bond acceptors (Lipinski definition) is 4. The molecule has 0 radical (unpaired) electrons. The Morgan fingerprint density at radius 1 is 1.15 bits per heavy atom. The quantitative estimate of drug-likeness (QED) is 0.814. The Kier molecular flexibility index (Phi) is 3.93. The van der Waals surface area contributed by atoms with Gasteiger partial charge < -0.3 is 0 Å². The average Bonchev–Trinajstić information content (AvgIpc) is 2.84. The number of hydrogen-bond donors (Lipinski definition) is 0. The number of para-hydroxylation sites is 1. The summed E-state index contributed by atoms with van der Waals surface area (Å²) in [5.41, 5.74) is 0.955. The molecule has 1 aliphatic heterocycles. The second-order valence-corrected chi connectivity index (χ2v) is 5.82. The minimum absolute atomic E-state index is 0.648. The van der Waals surface area contributed by atoms with Crippen molar-refractivity contribution in [3.63, 3.8) is 0 Å². The third-order valence-corrected chi connectivity index (χ3v) is 4.23. The van der Waals surface area contributed by atoms with E-state index in [-0.39, 0.29) is 0 Å². The molecule has 106 valence electrons. The van der Waals surface area contributed by atoms with E-state index in [0.29, 0.717) is 4.77 Å². The van der Waals surface area contributed by atoms with Crippen molar-refractivity contribution in [2.75, 3.05) is 13.1 Å². The summed E-state index contributed by atoms with van der Waals surface area (Å²) in [6.45, 7) is 5.27. The highest BCUT2D eigenvalue weighted by molar-refractivity contribution is 7.71. The molecule has 2 aromatic rings. The van der Waals surface area contributed by atoms with E-state index >= 15 is 0 Å². The van der Waals surface area contributed by atoms with Crippen LogP contribution in [0.2, 0.25) is 0 Å². The van der Waals surface area contributed by atoms with Gasteiger partial charge in [0.15, 0.2) is 0 Å². The van der Waals surface area contributed by atoms with Gasteiger partial charge in [0.1, 0.15) is 0 Å². The summed E-state index contributed by atoms with van der Waals surface area (Å²) in [7, 11) is 0. The number of rotatable bonds is 3. The largest absolute Gasteiger partial charge is 0.284 e. The molecule has 1 aromatic carbocycles. The van der Waals surface area contributed by atoms with Crippen LogP contribution >= 0.6 is 12.2 Å². The van der Waals surface area contributed by atoms with Crippen molar-refractivity contribution >= 4 is 12.2 Å². The molecule has 0 N–H and O–H groups in total. The highest BCUT2D eigenvalue weighted by atomic mass is 32.1. The molecule has 1 aliphatic rings. The Balaban J connectivity index is 1.76. The van der Waals surface area contributed by atoms with Crippen molar-refractivity contribution in [3.8, 4) is 5.69 Å². The predicted molar refractivity (Wildman–Crippen MR) is 80.2 cm³/mol. The SMILES string of the molecule is CC1CCN(Cn2nnn(-c3ccccc3)c2=S)CC1. The second-order valence-electron chi connectivity index (χ2n) is 5.45. The van der Waals surface area contributed by atoms with Gasteiger partial charge in [-0.05, 0) is 53.5 Å². The van der Waals surface area contributed by atoms with Gasteiger partial charge in [0, 0.05) is 13.1 Å². The van der Waals surface area contributed by atoms with Gasteiger partial charge in [0.05, 0.1) is 12.4 Å². The Labute approximate surface area is 123 Å². The first-order valence-corrected chi connectivity index (χ1v) is 7.45. The molecule has 0 spiro atoms. The summed E-state index contributed by atoms with van der Waals surface area (Å²) >= 11 is 5.47. The summed E-state index contributed by atoms with van der Waals surface area (Å²) in [4.78, 5) is 2.39. The molecule has 20 heavy (non-hydrogen) atoms. The van der Waals surface area contributed by atoms with E-state index in [0.717, 1.165) is 31.4 Å². The Morgan fingerprint density at radius 3 is 2.55 bits per heavy atom. The lowest BCUT2D eigenvalue weighted by Gasteiger charge is -2.29. The van der Waals surface area contributed by atoms with E-state index in [4.69, 9.17) is 12.2 Å². The molecule has 0 unspecified atom stereocenters. The van der Waals surface area contributed by atoms with Crippen LogP contribution in [0.15, 0.2) is 30.3 Å². The zero-order valence-corrected chi connectivity index (χ0v) is 12.5. The van der Waals surface area contributed by atoms with Gasteiger partial charge in [-0.15, -0.1) is 0 Å². The smallest absolute Gasteiger partial charge is 0.221 e. The number of tetrazole rings is 1.